The van der Waals surface area contributed by atoms with E-state index in [4.69, 9.17) is 10.5 Å². The SMILES string of the molecule is Cc1ccc(CC(Nc2ccccc2N)C(=O)N2CCOCC2)cc1. The van der Waals surface area contributed by atoms with Crippen molar-refractivity contribution in [1.29, 1.82) is 0 Å². The summed E-state index contributed by atoms with van der Waals surface area (Å²) in [6, 6.07) is 15.5. The number of hydrogen-bond donors (Lipinski definition) is 2. The number of nitrogens with one attached hydrogen (secondary N) is 1. The molecule has 1 aliphatic rings. The molecule has 1 saturated heterocycles. The summed E-state index contributed by atoms with van der Waals surface area (Å²) in [6.07, 6.45) is 0.616. The lowest BCUT2D eigenvalue weighted by Gasteiger charge is -2.31. The smallest absolute Gasteiger partial charge is 0.245 e. The number of ether oxygens (including phenoxy) is 1. The third-order valence-electron chi connectivity index (χ3n) is 4.47. The first-order chi connectivity index (χ1) is 12.1. The first kappa shape index (κ1) is 17.3. The maximum absolute atomic E-state index is 13.1. The number of benzene rings is 2. The topological polar surface area (TPSA) is 67.6 Å². The number of aryl methyl sites for hydroxylation is 1. The van der Waals surface area contributed by atoms with E-state index in [2.05, 4.69) is 36.5 Å². The van der Waals surface area contributed by atoms with Gasteiger partial charge >= 0.3 is 0 Å². The van der Waals surface area contributed by atoms with E-state index in [1.165, 1.54) is 5.56 Å². The molecule has 25 heavy (non-hydrogen) atoms. The predicted octanol–water partition coefficient (Wildman–Crippen LogP) is 2.46. The number of hydrogen-bond acceptors (Lipinski definition) is 4. The highest BCUT2D eigenvalue weighted by atomic mass is 16.5. The molecule has 5 heteroatoms. The van der Waals surface area contributed by atoms with Gasteiger partial charge in [-0.3, -0.25) is 4.79 Å². The number of amides is 1. The van der Waals surface area contributed by atoms with Crippen molar-refractivity contribution in [2.45, 2.75) is 19.4 Å². The largest absolute Gasteiger partial charge is 0.397 e. The number of nitrogens with zero attached hydrogens (tertiary/aromatic N) is 1. The van der Waals surface area contributed by atoms with Crippen LogP contribution in [0.5, 0.6) is 0 Å². The number of para-hydroxylation sites is 2. The molecule has 0 radical (unpaired) electrons. The van der Waals surface area contributed by atoms with Crippen molar-refractivity contribution in [2.24, 2.45) is 0 Å². The summed E-state index contributed by atoms with van der Waals surface area (Å²) in [5, 5.41) is 3.35. The zero-order valence-corrected chi connectivity index (χ0v) is 14.6. The van der Waals surface area contributed by atoms with Crippen LogP contribution in [0, 0.1) is 6.92 Å². The molecular weight excluding hydrogens is 314 g/mol. The Morgan fingerprint density at radius 1 is 1.16 bits per heavy atom. The maximum atomic E-state index is 13.1. The van der Waals surface area contributed by atoms with Gasteiger partial charge in [0.1, 0.15) is 6.04 Å². The number of morpholine rings is 1. The van der Waals surface area contributed by atoms with E-state index >= 15 is 0 Å². The minimum atomic E-state index is -0.356. The van der Waals surface area contributed by atoms with E-state index in [1.54, 1.807) is 0 Å². The molecule has 1 amide bonds. The van der Waals surface area contributed by atoms with Crippen LogP contribution in [-0.2, 0) is 16.0 Å². The zero-order chi connectivity index (χ0) is 17.6. The molecule has 1 unspecified atom stereocenters. The van der Waals surface area contributed by atoms with Crippen molar-refractivity contribution in [1.82, 2.24) is 4.90 Å². The van der Waals surface area contributed by atoms with Gasteiger partial charge in [-0.15, -0.1) is 0 Å². The highest BCUT2D eigenvalue weighted by Gasteiger charge is 2.26. The Bertz CT molecular complexity index is 709. The maximum Gasteiger partial charge on any atom is 0.245 e. The first-order valence-electron chi connectivity index (χ1n) is 8.66. The number of nitrogens with two attached hydrogens (primary N) is 1. The fraction of sp³-hybridized carbons (Fsp3) is 0.350. The van der Waals surface area contributed by atoms with Crippen LogP contribution in [0.2, 0.25) is 0 Å². The van der Waals surface area contributed by atoms with E-state index in [0.29, 0.717) is 38.4 Å². The summed E-state index contributed by atoms with van der Waals surface area (Å²) in [7, 11) is 0. The number of nitrogen functional groups attached to an aromatic ring is 1. The highest BCUT2D eigenvalue weighted by molar-refractivity contribution is 5.86. The molecule has 0 spiro atoms. The van der Waals surface area contributed by atoms with Gasteiger partial charge in [-0.2, -0.15) is 0 Å². The van der Waals surface area contributed by atoms with Crippen molar-refractivity contribution in [3.05, 3.63) is 59.7 Å². The third-order valence-corrected chi connectivity index (χ3v) is 4.47. The van der Waals surface area contributed by atoms with E-state index in [0.717, 1.165) is 11.3 Å². The zero-order valence-electron chi connectivity index (χ0n) is 14.6. The molecule has 1 heterocycles. The minimum absolute atomic E-state index is 0.0899. The molecule has 2 aromatic rings. The monoisotopic (exact) mass is 339 g/mol. The molecule has 0 aromatic heterocycles. The molecule has 1 atom stereocenters. The van der Waals surface area contributed by atoms with Crippen LogP contribution in [0.15, 0.2) is 48.5 Å². The van der Waals surface area contributed by atoms with E-state index in [-0.39, 0.29) is 11.9 Å². The van der Waals surface area contributed by atoms with Crippen molar-refractivity contribution < 1.29 is 9.53 Å². The first-order valence-corrected chi connectivity index (χ1v) is 8.66. The standard InChI is InChI=1S/C20H25N3O2/c1-15-6-8-16(9-7-15)14-19(20(24)23-10-12-25-13-11-23)22-18-5-3-2-4-17(18)21/h2-9,19,22H,10-14,21H2,1H3. The highest BCUT2D eigenvalue weighted by Crippen LogP contribution is 2.20. The average Bonchev–Trinajstić information content (AvgIpc) is 2.65. The van der Waals surface area contributed by atoms with E-state index < -0.39 is 0 Å². The number of anilines is 2. The van der Waals surface area contributed by atoms with Crippen molar-refractivity contribution >= 4 is 17.3 Å². The quantitative estimate of drug-likeness (QED) is 0.821. The van der Waals surface area contributed by atoms with E-state index in [1.807, 2.05) is 29.2 Å². The molecule has 0 aliphatic carbocycles. The molecule has 132 valence electrons. The second-order valence-electron chi connectivity index (χ2n) is 6.41. The number of rotatable bonds is 5. The van der Waals surface area contributed by atoms with Crippen molar-refractivity contribution in [3.8, 4) is 0 Å². The minimum Gasteiger partial charge on any atom is -0.397 e. The average molecular weight is 339 g/mol. The van der Waals surface area contributed by atoms with Crippen LogP contribution in [0.1, 0.15) is 11.1 Å². The van der Waals surface area contributed by atoms with Gasteiger partial charge in [-0.1, -0.05) is 42.0 Å². The Balaban J connectivity index is 1.80. The predicted molar refractivity (Wildman–Crippen MR) is 101 cm³/mol. The number of carbonyl (C=O) groups is 1. The Morgan fingerprint density at radius 2 is 1.84 bits per heavy atom. The second kappa shape index (κ2) is 8.03. The van der Waals surface area contributed by atoms with Gasteiger partial charge < -0.3 is 20.7 Å². The van der Waals surface area contributed by atoms with Crippen LogP contribution < -0.4 is 11.1 Å². The molecule has 2 aromatic carbocycles. The Kier molecular flexibility index (Phi) is 5.56. The van der Waals surface area contributed by atoms with Gasteiger partial charge in [0, 0.05) is 19.5 Å². The van der Waals surface area contributed by atoms with Gasteiger partial charge in [0.2, 0.25) is 5.91 Å². The lowest BCUT2D eigenvalue weighted by atomic mass is 10.0. The molecule has 5 nitrogen and oxygen atoms in total. The Labute approximate surface area is 148 Å². The van der Waals surface area contributed by atoms with Crippen LogP contribution >= 0.6 is 0 Å². The van der Waals surface area contributed by atoms with Crippen LogP contribution in [0.25, 0.3) is 0 Å². The second-order valence-corrected chi connectivity index (χ2v) is 6.41. The molecular formula is C20H25N3O2. The summed E-state index contributed by atoms with van der Waals surface area (Å²) in [4.78, 5) is 14.9. The Morgan fingerprint density at radius 3 is 2.52 bits per heavy atom. The molecule has 1 aliphatic heterocycles. The van der Waals surface area contributed by atoms with Gasteiger partial charge in [0.25, 0.3) is 0 Å². The summed E-state index contributed by atoms with van der Waals surface area (Å²) in [5.41, 5.74) is 9.82. The van der Waals surface area contributed by atoms with Gasteiger partial charge in [-0.05, 0) is 24.6 Å². The lowest BCUT2D eigenvalue weighted by Crippen LogP contribution is -2.48. The summed E-state index contributed by atoms with van der Waals surface area (Å²) >= 11 is 0. The summed E-state index contributed by atoms with van der Waals surface area (Å²) in [6.45, 7) is 4.51. The van der Waals surface area contributed by atoms with Crippen LogP contribution in [0.4, 0.5) is 11.4 Å². The van der Waals surface area contributed by atoms with E-state index in [9.17, 15) is 4.79 Å². The normalized spacial score (nSPS) is 15.6. The molecule has 3 rings (SSSR count). The molecule has 0 saturated carbocycles. The van der Waals surface area contributed by atoms with Gasteiger partial charge in [0.15, 0.2) is 0 Å². The molecule has 1 fully saturated rings. The van der Waals surface area contributed by atoms with Crippen molar-refractivity contribution in [3.63, 3.8) is 0 Å². The summed E-state index contributed by atoms with van der Waals surface area (Å²) in [5.74, 6) is 0.0899. The third kappa shape index (κ3) is 4.51. The molecule has 3 N–H and O–H groups in total. The lowest BCUT2D eigenvalue weighted by molar-refractivity contribution is -0.136. The Hall–Kier alpha value is -2.53. The summed E-state index contributed by atoms with van der Waals surface area (Å²) < 4.78 is 5.36. The van der Waals surface area contributed by atoms with Gasteiger partial charge in [-0.25, -0.2) is 0 Å². The number of carbonyl (C=O) groups excluding carboxylic acids is 1. The van der Waals surface area contributed by atoms with Crippen LogP contribution in [-0.4, -0.2) is 43.2 Å². The van der Waals surface area contributed by atoms with Gasteiger partial charge in [0.05, 0.1) is 24.6 Å². The fourth-order valence-electron chi connectivity index (χ4n) is 2.98. The molecule has 0 bridgehead atoms. The van der Waals surface area contributed by atoms with Crippen LogP contribution in [0.3, 0.4) is 0 Å². The van der Waals surface area contributed by atoms with Crippen molar-refractivity contribution in [2.75, 3.05) is 37.4 Å². The fourth-order valence-corrected chi connectivity index (χ4v) is 2.98.